The van der Waals surface area contributed by atoms with Gasteiger partial charge in [0.25, 0.3) is 5.91 Å². The zero-order valence-electron chi connectivity index (χ0n) is 13.2. The number of β-amino-alcohol motifs (C(OH)–C–C–N with tert-alkyl or cyclic N) is 1. The van der Waals surface area contributed by atoms with Crippen LogP contribution in [0.5, 0.6) is 0 Å². The Morgan fingerprint density at radius 2 is 2.26 bits per heavy atom. The average molecular weight is 316 g/mol. The van der Waals surface area contributed by atoms with Crippen molar-refractivity contribution in [2.45, 2.75) is 32.3 Å². The van der Waals surface area contributed by atoms with E-state index in [1.807, 2.05) is 13.8 Å². The topological polar surface area (TPSA) is 92.4 Å². The molecule has 3 heterocycles. The quantitative estimate of drug-likeness (QED) is 0.913. The van der Waals surface area contributed by atoms with Crippen LogP contribution < -0.4 is 0 Å². The summed E-state index contributed by atoms with van der Waals surface area (Å²) in [6.45, 7) is 4.74. The molecular formula is C16H20N4O3. The molecule has 23 heavy (non-hydrogen) atoms. The highest BCUT2D eigenvalue weighted by Crippen LogP contribution is 2.23. The second-order valence-corrected chi connectivity index (χ2v) is 6.21. The monoisotopic (exact) mass is 316 g/mol. The fourth-order valence-electron chi connectivity index (χ4n) is 2.74. The Balaban J connectivity index is 1.66. The van der Waals surface area contributed by atoms with Crippen LogP contribution in [0.25, 0.3) is 0 Å². The van der Waals surface area contributed by atoms with E-state index in [0.717, 1.165) is 11.4 Å². The van der Waals surface area contributed by atoms with Crippen molar-refractivity contribution in [3.05, 3.63) is 41.8 Å². The van der Waals surface area contributed by atoms with Gasteiger partial charge < -0.3 is 14.5 Å². The molecule has 0 aromatic carbocycles. The lowest BCUT2D eigenvalue weighted by molar-refractivity contribution is 0.0723. The van der Waals surface area contributed by atoms with Crippen molar-refractivity contribution in [2.75, 3.05) is 13.1 Å². The van der Waals surface area contributed by atoms with Gasteiger partial charge in [-0.15, -0.1) is 0 Å². The first-order valence-electron chi connectivity index (χ1n) is 7.73. The summed E-state index contributed by atoms with van der Waals surface area (Å²) in [5.41, 5.74) is 1.57. The number of likely N-dealkylation sites (tertiary alicyclic amines) is 1. The molecule has 3 rings (SSSR count). The molecule has 0 radical (unpaired) electrons. The van der Waals surface area contributed by atoms with Gasteiger partial charge in [0.2, 0.25) is 5.76 Å². The number of carbonyl (C=O) groups is 1. The summed E-state index contributed by atoms with van der Waals surface area (Å²) in [6, 6.07) is 1.68. The van der Waals surface area contributed by atoms with Crippen LogP contribution >= 0.6 is 0 Å². The first kappa shape index (κ1) is 15.6. The number of nitrogens with zero attached hydrogens (tertiary/aromatic N) is 4. The SMILES string of the molecule is CC(C)c1cc(C(=O)N2C[C@@H](Cc3cnccn3)[C@H](O)C2)on1. The van der Waals surface area contributed by atoms with Crippen molar-refractivity contribution in [1.82, 2.24) is 20.0 Å². The van der Waals surface area contributed by atoms with E-state index in [4.69, 9.17) is 4.52 Å². The molecule has 1 fully saturated rings. The standard InChI is InChI=1S/C16H20N4O3/c1-10(2)13-6-15(23-19-13)16(22)20-8-11(14(21)9-20)5-12-7-17-3-4-18-12/h3-4,6-7,10-11,14,21H,5,8-9H2,1-2H3/t11-,14-/m1/s1. The van der Waals surface area contributed by atoms with Crippen LogP contribution in [0, 0.1) is 5.92 Å². The normalized spacial score (nSPS) is 21.1. The van der Waals surface area contributed by atoms with Crippen molar-refractivity contribution < 1.29 is 14.4 Å². The molecule has 7 heteroatoms. The molecule has 0 unspecified atom stereocenters. The summed E-state index contributed by atoms with van der Waals surface area (Å²) in [4.78, 5) is 22.3. The average Bonchev–Trinajstić information content (AvgIpc) is 3.16. The number of aliphatic hydroxyl groups is 1. The minimum Gasteiger partial charge on any atom is -0.391 e. The maximum absolute atomic E-state index is 12.5. The highest BCUT2D eigenvalue weighted by Gasteiger charge is 2.36. The third-order valence-corrected chi connectivity index (χ3v) is 4.11. The Hall–Kier alpha value is -2.28. The van der Waals surface area contributed by atoms with Gasteiger partial charge in [0.05, 0.1) is 17.5 Å². The van der Waals surface area contributed by atoms with Crippen LogP contribution in [-0.4, -0.2) is 50.2 Å². The molecule has 0 spiro atoms. The highest BCUT2D eigenvalue weighted by atomic mass is 16.5. The van der Waals surface area contributed by atoms with Crippen molar-refractivity contribution in [3.8, 4) is 0 Å². The van der Waals surface area contributed by atoms with E-state index in [9.17, 15) is 9.90 Å². The van der Waals surface area contributed by atoms with Crippen LogP contribution in [0.2, 0.25) is 0 Å². The second kappa shape index (κ2) is 6.45. The summed E-state index contributed by atoms with van der Waals surface area (Å²) in [6.07, 6.45) is 4.94. The van der Waals surface area contributed by atoms with Gasteiger partial charge in [-0.25, -0.2) is 0 Å². The Morgan fingerprint density at radius 1 is 1.43 bits per heavy atom. The lowest BCUT2D eigenvalue weighted by Gasteiger charge is -2.13. The Labute approximate surface area is 134 Å². The van der Waals surface area contributed by atoms with E-state index in [1.54, 1.807) is 29.6 Å². The number of amides is 1. The van der Waals surface area contributed by atoms with Gasteiger partial charge in [0.1, 0.15) is 0 Å². The largest absolute Gasteiger partial charge is 0.391 e. The van der Waals surface area contributed by atoms with E-state index in [-0.39, 0.29) is 23.5 Å². The molecule has 2 aromatic heterocycles. The molecule has 1 aliphatic rings. The molecule has 1 amide bonds. The summed E-state index contributed by atoms with van der Waals surface area (Å²) in [5.74, 6) is 0.142. The maximum atomic E-state index is 12.5. The molecule has 0 aliphatic carbocycles. The summed E-state index contributed by atoms with van der Waals surface area (Å²) in [5, 5.41) is 14.1. The third-order valence-electron chi connectivity index (χ3n) is 4.11. The zero-order valence-corrected chi connectivity index (χ0v) is 13.2. The predicted octanol–water partition coefficient (Wildman–Crippen LogP) is 1.26. The van der Waals surface area contributed by atoms with Crippen molar-refractivity contribution in [2.24, 2.45) is 5.92 Å². The molecule has 1 saturated heterocycles. The molecule has 1 N–H and O–H groups in total. The van der Waals surface area contributed by atoms with E-state index in [1.165, 1.54) is 0 Å². The van der Waals surface area contributed by atoms with Crippen LogP contribution in [0.15, 0.2) is 29.2 Å². The zero-order chi connectivity index (χ0) is 16.4. The van der Waals surface area contributed by atoms with E-state index < -0.39 is 6.10 Å². The fraction of sp³-hybridized carbons (Fsp3) is 0.500. The number of aromatic nitrogens is 3. The lowest BCUT2D eigenvalue weighted by Crippen LogP contribution is -2.29. The summed E-state index contributed by atoms with van der Waals surface area (Å²) < 4.78 is 5.14. The minimum atomic E-state index is -0.576. The smallest absolute Gasteiger partial charge is 0.292 e. The summed E-state index contributed by atoms with van der Waals surface area (Å²) >= 11 is 0. The predicted molar refractivity (Wildman–Crippen MR) is 81.7 cm³/mol. The minimum absolute atomic E-state index is 0.0526. The first-order chi connectivity index (χ1) is 11.0. The Bertz CT molecular complexity index is 671. The van der Waals surface area contributed by atoms with E-state index >= 15 is 0 Å². The molecule has 2 aromatic rings. The van der Waals surface area contributed by atoms with Crippen molar-refractivity contribution in [1.29, 1.82) is 0 Å². The van der Waals surface area contributed by atoms with Gasteiger partial charge in [-0.2, -0.15) is 0 Å². The number of rotatable bonds is 4. The summed E-state index contributed by atoms with van der Waals surface area (Å²) in [7, 11) is 0. The van der Waals surface area contributed by atoms with Crippen molar-refractivity contribution >= 4 is 5.91 Å². The maximum Gasteiger partial charge on any atom is 0.292 e. The molecule has 0 saturated carbocycles. The Morgan fingerprint density at radius 3 is 2.91 bits per heavy atom. The fourth-order valence-corrected chi connectivity index (χ4v) is 2.74. The van der Waals surface area contributed by atoms with Crippen LogP contribution in [0.4, 0.5) is 0 Å². The van der Waals surface area contributed by atoms with Gasteiger partial charge in [-0.3, -0.25) is 14.8 Å². The van der Waals surface area contributed by atoms with Gasteiger partial charge in [-0.1, -0.05) is 19.0 Å². The molecule has 122 valence electrons. The molecule has 0 bridgehead atoms. The first-order valence-corrected chi connectivity index (χ1v) is 7.73. The molecule has 2 atom stereocenters. The van der Waals surface area contributed by atoms with Gasteiger partial charge in [-0.05, 0) is 12.3 Å². The number of hydrogen-bond donors (Lipinski definition) is 1. The Kier molecular flexibility index (Phi) is 4.38. The van der Waals surface area contributed by atoms with Crippen molar-refractivity contribution in [3.63, 3.8) is 0 Å². The van der Waals surface area contributed by atoms with E-state index in [2.05, 4.69) is 15.1 Å². The van der Waals surface area contributed by atoms with Gasteiger partial charge >= 0.3 is 0 Å². The van der Waals surface area contributed by atoms with Crippen LogP contribution in [-0.2, 0) is 6.42 Å². The molecular weight excluding hydrogens is 296 g/mol. The number of aliphatic hydroxyl groups excluding tert-OH is 1. The van der Waals surface area contributed by atoms with Crippen LogP contribution in [0.3, 0.4) is 0 Å². The highest BCUT2D eigenvalue weighted by molar-refractivity contribution is 5.91. The van der Waals surface area contributed by atoms with Crippen LogP contribution in [0.1, 0.15) is 41.7 Å². The lowest BCUT2D eigenvalue weighted by atomic mass is 10.0. The van der Waals surface area contributed by atoms with Gasteiger partial charge in [0.15, 0.2) is 0 Å². The van der Waals surface area contributed by atoms with E-state index in [0.29, 0.717) is 19.5 Å². The third kappa shape index (κ3) is 3.39. The van der Waals surface area contributed by atoms with Gasteiger partial charge in [0, 0.05) is 43.7 Å². The number of hydrogen-bond acceptors (Lipinski definition) is 6. The second-order valence-electron chi connectivity index (χ2n) is 6.21. The number of carbonyl (C=O) groups excluding carboxylic acids is 1. The molecule has 1 aliphatic heterocycles. The molecule has 7 nitrogen and oxygen atoms in total.